The number of carbonyl (C=O) groups excluding carboxylic acids is 1. The fourth-order valence-corrected chi connectivity index (χ4v) is 5.46. The summed E-state index contributed by atoms with van der Waals surface area (Å²) in [4.78, 5) is 14.6. The summed E-state index contributed by atoms with van der Waals surface area (Å²) < 4.78 is 44.9. The Labute approximate surface area is 205 Å². The number of alkyl halides is 3. The number of rotatable bonds is 6. The van der Waals surface area contributed by atoms with Crippen molar-refractivity contribution in [1.29, 1.82) is 5.26 Å². The van der Waals surface area contributed by atoms with E-state index >= 15 is 0 Å². The number of ketones is 1. The van der Waals surface area contributed by atoms with E-state index in [1.807, 2.05) is 32.0 Å². The Balaban J connectivity index is 1.41. The summed E-state index contributed by atoms with van der Waals surface area (Å²) in [7, 11) is 0. The monoisotopic (exact) mass is 486 g/mol. The van der Waals surface area contributed by atoms with Gasteiger partial charge in [0.1, 0.15) is 23.2 Å². The van der Waals surface area contributed by atoms with Crippen molar-refractivity contribution in [3.63, 3.8) is 0 Å². The predicted octanol–water partition coefficient (Wildman–Crippen LogP) is 6.65. The quantitative estimate of drug-likeness (QED) is 0.459. The van der Waals surface area contributed by atoms with E-state index < -0.39 is 12.1 Å². The first-order valence-electron chi connectivity index (χ1n) is 12.6. The molecular formula is C28H33F3N2O2. The normalized spacial score (nSPS) is 22.3. The first-order chi connectivity index (χ1) is 16.7. The van der Waals surface area contributed by atoms with E-state index in [-0.39, 0.29) is 30.8 Å². The number of carbonyl (C=O) groups is 1. The highest BCUT2D eigenvalue weighted by molar-refractivity contribution is 5.90. The van der Waals surface area contributed by atoms with Gasteiger partial charge in [0, 0.05) is 23.8 Å². The summed E-state index contributed by atoms with van der Waals surface area (Å²) in [6.07, 6.45) is -1.85. The van der Waals surface area contributed by atoms with Crippen molar-refractivity contribution in [2.75, 3.05) is 13.1 Å². The molecule has 1 aliphatic carbocycles. The van der Waals surface area contributed by atoms with Gasteiger partial charge in [0.2, 0.25) is 0 Å². The van der Waals surface area contributed by atoms with Crippen LogP contribution in [0.5, 0.6) is 5.75 Å². The number of likely N-dealkylation sites (tertiary alicyclic amines) is 1. The molecule has 35 heavy (non-hydrogen) atoms. The van der Waals surface area contributed by atoms with Gasteiger partial charge in [0.05, 0.1) is 12.0 Å². The molecule has 188 valence electrons. The van der Waals surface area contributed by atoms with Crippen molar-refractivity contribution in [1.82, 2.24) is 4.90 Å². The van der Waals surface area contributed by atoms with E-state index in [1.165, 1.54) is 0 Å². The number of nitriles is 1. The minimum absolute atomic E-state index is 0.0653. The lowest BCUT2D eigenvalue weighted by molar-refractivity contribution is -0.185. The molecule has 7 heteroatoms. The minimum Gasteiger partial charge on any atom is -0.489 e. The average molecular weight is 487 g/mol. The van der Waals surface area contributed by atoms with Gasteiger partial charge in [-0.05, 0) is 74.7 Å². The van der Waals surface area contributed by atoms with Crippen LogP contribution in [0.15, 0.2) is 30.3 Å². The zero-order valence-corrected chi connectivity index (χ0v) is 20.4. The number of fused-ring (bicyclic) bond motifs is 1. The van der Waals surface area contributed by atoms with E-state index in [1.54, 1.807) is 6.07 Å². The molecule has 4 nitrogen and oxygen atoms in total. The third-order valence-corrected chi connectivity index (χ3v) is 7.55. The first-order valence-corrected chi connectivity index (χ1v) is 12.6. The molecule has 0 atom stereocenters. The van der Waals surface area contributed by atoms with Gasteiger partial charge < -0.3 is 4.74 Å². The average Bonchev–Trinajstić information content (AvgIpc) is 2.83. The van der Waals surface area contributed by atoms with Crippen LogP contribution >= 0.6 is 0 Å². The Kier molecular flexibility index (Phi) is 7.70. The second kappa shape index (κ2) is 10.6. The van der Waals surface area contributed by atoms with E-state index in [9.17, 15) is 23.2 Å². The van der Waals surface area contributed by atoms with Crippen LogP contribution in [0.4, 0.5) is 13.2 Å². The van der Waals surface area contributed by atoms with Crippen LogP contribution in [0, 0.1) is 29.1 Å². The largest absolute Gasteiger partial charge is 0.489 e. The molecule has 4 rings (SSSR count). The Morgan fingerprint density at radius 1 is 1.09 bits per heavy atom. The van der Waals surface area contributed by atoms with Gasteiger partial charge in [-0.15, -0.1) is 0 Å². The Morgan fingerprint density at radius 2 is 1.77 bits per heavy atom. The standard InChI is InChI=1S/C28H33F3N2O2/c1-18(2)27(34)20-11-13-33(14-12-20)17-19-3-9-24-21(15-19)4-10-26(25(24)16-32)35-23-7-5-22(6-8-23)28(29,30)31/h3-4,9-10,15,18,20,22-23H,5-8,11-14,17H2,1-2H3. The Morgan fingerprint density at radius 3 is 2.37 bits per heavy atom. The molecule has 0 spiro atoms. The van der Waals surface area contributed by atoms with Crippen molar-refractivity contribution >= 4 is 16.6 Å². The van der Waals surface area contributed by atoms with Crippen molar-refractivity contribution in [2.24, 2.45) is 17.8 Å². The fourth-order valence-electron chi connectivity index (χ4n) is 5.46. The van der Waals surface area contributed by atoms with Gasteiger partial charge in [0.15, 0.2) is 0 Å². The highest BCUT2D eigenvalue weighted by atomic mass is 19.4. The summed E-state index contributed by atoms with van der Waals surface area (Å²) in [5.41, 5.74) is 1.58. The molecule has 0 unspecified atom stereocenters. The van der Waals surface area contributed by atoms with Crippen molar-refractivity contribution in [3.05, 3.63) is 41.5 Å². The van der Waals surface area contributed by atoms with Crippen LogP contribution in [-0.2, 0) is 11.3 Å². The summed E-state index contributed by atoms with van der Waals surface area (Å²) in [6, 6.07) is 12.0. The molecule has 2 aromatic rings. The second-order valence-electron chi connectivity index (χ2n) is 10.3. The number of benzene rings is 2. The van der Waals surface area contributed by atoms with Crippen LogP contribution in [0.25, 0.3) is 10.8 Å². The minimum atomic E-state index is -4.15. The van der Waals surface area contributed by atoms with Gasteiger partial charge in [-0.3, -0.25) is 9.69 Å². The van der Waals surface area contributed by atoms with Gasteiger partial charge in [-0.25, -0.2) is 0 Å². The van der Waals surface area contributed by atoms with Crippen LogP contribution in [0.3, 0.4) is 0 Å². The number of halogens is 3. The summed E-state index contributed by atoms with van der Waals surface area (Å²) >= 11 is 0. The maximum Gasteiger partial charge on any atom is 0.391 e. The van der Waals surface area contributed by atoms with Gasteiger partial charge >= 0.3 is 6.18 Å². The van der Waals surface area contributed by atoms with E-state index in [2.05, 4.69) is 17.0 Å². The zero-order chi connectivity index (χ0) is 25.2. The third-order valence-electron chi connectivity index (χ3n) is 7.55. The zero-order valence-electron chi connectivity index (χ0n) is 20.4. The van der Waals surface area contributed by atoms with Gasteiger partial charge in [-0.1, -0.05) is 32.0 Å². The Bertz CT molecular complexity index is 1090. The molecule has 0 aromatic heterocycles. The topological polar surface area (TPSA) is 53.3 Å². The SMILES string of the molecule is CC(C)C(=O)C1CCN(Cc2ccc3c(C#N)c(OC4CCC(C(F)(F)F)CC4)ccc3c2)CC1. The summed E-state index contributed by atoms with van der Waals surface area (Å²) in [5, 5.41) is 11.6. The number of hydrogen-bond donors (Lipinski definition) is 0. The molecule has 1 saturated carbocycles. The molecule has 0 amide bonds. The van der Waals surface area contributed by atoms with Gasteiger partial charge in [-0.2, -0.15) is 18.4 Å². The van der Waals surface area contributed by atoms with E-state index in [0.717, 1.165) is 48.8 Å². The molecule has 2 aliphatic rings. The molecule has 1 aliphatic heterocycles. The lowest BCUT2D eigenvalue weighted by Crippen LogP contribution is -2.37. The maximum absolute atomic E-state index is 12.9. The number of ether oxygens (including phenoxy) is 1. The number of Topliss-reactive ketones (excluding diaryl/α,β-unsaturated/α-hetero) is 1. The predicted molar refractivity (Wildman–Crippen MR) is 129 cm³/mol. The van der Waals surface area contributed by atoms with Crippen LogP contribution in [-0.4, -0.2) is 36.1 Å². The summed E-state index contributed by atoms with van der Waals surface area (Å²) in [5.74, 6) is -0.187. The molecule has 0 N–H and O–H groups in total. The first kappa shape index (κ1) is 25.5. The maximum atomic E-state index is 12.9. The molecular weight excluding hydrogens is 453 g/mol. The van der Waals surface area contributed by atoms with Crippen molar-refractivity contribution in [3.8, 4) is 11.8 Å². The lowest BCUT2D eigenvalue weighted by Gasteiger charge is -2.32. The molecule has 2 fully saturated rings. The molecule has 0 bridgehead atoms. The Hall–Kier alpha value is -2.59. The van der Waals surface area contributed by atoms with E-state index in [4.69, 9.17) is 4.74 Å². The molecule has 0 radical (unpaired) electrons. The highest BCUT2D eigenvalue weighted by Gasteiger charge is 2.41. The smallest absolute Gasteiger partial charge is 0.391 e. The fraction of sp³-hybridized carbons (Fsp3) is 0.571. The lowest BCUT2D eigenvalue weighted by atomic mass is 9.87. The highest BCUT2D eigenvalue weighted by Crippen LogP contribution is 2.39. The van der Waals surface area contributed by atoms with E-state index in [0.29, 0.717) is 29.9 Å². The number of nitrogens with zero attached hydrogens (tertiary/aromatic N) is 2. The number of piperidine rings is 1. The van der Waals surface area contributed by atoms with Crippen LogP contribution in [0.2, 0.25) is 0 Å². The van der Waals surface area contributed by atoms with Crippen molar-refractivity contribution < 1.29 is 22.7 Å². The third kappa shape index (κ3) is 5.98. The van der Waals surface area contributed by atoms with Crippen molar-refractivity contribution in [2.45, 2.75) is 71.2 Å². The van der Waals surface area contributed by atoms with Crippen LogP contribution in [0.1, 0.15) is 63.5 Å². The summed E-state index contributed by atoms with van der Waals surface area (Å²) in [6.45, 7) is 6.52. The molecule has 1 heterocycles. The van der Waals surface area contributed by atoms with Crippen LogP contribution < -0.4 is 4.74 Å². The number of hydrogen-bond acceptors (Lipinski definition) is 4. The van der Waals surface area contributed by atoms with Gasteiger partial charge in [0.25, 0.3) is 0 Å². The molecule has 2 aromatic carbocycles. The second-order valence-corrected chi connectivity index (χ2v) is 10.3. The molecule has 1 saturated heterocycles.